The number of ether oxygens (including phenoxy) is 1. The van der Waals surface area contributed by atoms with Crippen molar-refractivity contribution in [1.82, 2.24) is 0 Å². The third-order valence-corrected chi connectivity index (χ3v) is 3.78. The zero-order valence-corrected chi connectivity index (χ0v) is 11.8. The number of hydrogen-bond donors (Lipinski definition) is 0. The molecule has 1 unspecified atom stereocenters. The first-order valence-corrected chi connectivity index (χ1v) is 6.01. The highest BCUT2D eigenvalue weighted by Gasteiger charge is 2.21. The highest BCUT2D eigenvalue weighted by Crippen LogP contribution is 2.48. The molecule has 0 N–H and O–H groups in total. The van der Waals surface area contributed by atoms with E-state index >= 15 is 0 Å². The van der Waals surface area contributed by atoms with Crippen molar-refractivity contribution in [2.75, 3.05) is 0 Å². The SMILES string of the molecule is CC(Cl)Oc1c(Cl)c(Cl)c(Cl)c(Cl)c1Cl. The molecule has 0 fully saturated rings. The number of rotatable bonds is 2. The van der Waals surface area contributed by atoms with E-state index in [1.165, 1.54) is 0 Å². The number of halogens is 6. The summed E-state index contributed by atoms with van der Waals surface area (Å²) < 4.78 is 5.17. The monoisotopic (exact) mass is 326 g/mol. The van der Waals surface area contributed by atoms with Crippen molar-refractivity contribution in [3.8, 4) is 5.75 Å². The second kappa shape index (κ2) is 5.39. The molecule has 0 aliphatic heterocycles. The van der Waals surface area contributed by atoms with E-state index in [0.29, 0.717) is 0 Å². The number of hydrogen-bond acceptors (Lipinski definition) is 1. The molecule has 1 atom stereocenters. The molecule has 0 aromatic heterocycles. The summed E-state index contributed by atoms with van der Waals surface area (Å²) in [5.74, 6) is 0.125. The molecule has 1 rings (SSSR count). The van der Waals surface area contributed by atoms with Crippen LogP contribution in [0.1, 0.15) is 6.92 Å². The Labute approximate surface area is 117 Å². The second-order valence-corrected chi connectivity index (χ2v) is 5.06. The van der Waals surface area contributed by atoms with Gasteiger partial charge in [0.15, 0.2) is 11.3 Å². The van der Waals surface area contributed by atoms with Gasteiger partial charge in [-0.05, 0) is 6.92 Å². The first-order valence-electron chi connectivity index (χ1n) is 3.68. The van der Waals surface area contributed by atoms with Crippen molar-refractivity contribution in [2.24, 2.45) is 0 Å². The van der Waals surface area contributed by atoms with E-state index < -0.39 is 5.56 Å². The van der Waals surface area contributed by atoms with Crippen molar-refractivity contribution in [2.45, 2.75) is 12.5 Å². The number of alkyl halides is 1. The van der Waals surface area contributed by atoms with Gasteiger partial charge in [-0.15, -0.1) is 0 Å². The average molecular weight is 329 g/mol. The molecule has 0 spiro atoms. The van der Waals surface area contributed by atoms with Gasteiger partial charge in [-0.1, -0.05) is 69.6 Å². The molecule has 0 aliphatic rings. The molecule has 0 aliphatic carbocycles. The van der Waals surface area contributed by atoms with E-state index in [2.05, 4.69) is 0 Å². The highest BCUT2D eigenvalue weighted by molar-refractivity contribution is 6.55. The van der Waals surface area contributed by atoms with Gasteiger partial charge >= 0.3 is 0 Å². The molecule has 0 saturated heterocycles. The third kappa shape index (κ3) is 2.91. The van der Waals surface area contributed by atoms with Gasteiger partial charge in [0.2, 0.25) is 0 Å². The average Bonchev–Trinajstić information content (AvgIpc) is 2.18. The summed E-state index contributed by atoms with van der Waals surface area (Å²) >= 11 is 34.8. The van der Waals surface area contributed by atoms with Gasteiger partial charge in [-0.25, -0.2) is 0 Å². The summed E-state index contributed by atoms with van der Waals surface area (Å²) in [6.45, 7) is 1.60. The summed E-state index contributed by atoms with van der Waals surface area (Å²) in [7, 11) is 0. The topological polar surface area (TPSA) is 9.23 Å². The van der Waals surface area contributed by atoms with Crippen LogP contribution in [0.2, 0.25) is 25.1 Å². The van der Waals surface area contributed by atoms with E-state index in [0.717, 1.165) is 0 Å². The van der Waals surface area contributed by atoms with Crippen LogP contribution < -0.4 is 4.74 Å². The Hall–Kier alpha value is 0.760. The van der Waals surface area contributed by atoms with Crippen LogP contribution in [0.4, 0.5) is 0 Å². The molecule has 1 nitrogen and oxygen atoms in total. The van der Waals surface area contributed by atoms with E-state index in [-0.39, 0.29) is 30.9 Å². The summed E-state index contributed by atoms with van der Waals surface area (Å²) in [4.78, 5) is 0. The maximum atomic E-state index is 5.88. The van der Waals surface area contributed by atoms with Gasteiger partial charge in [0.1, 0.15) is 10.0 Å². The van der Waals surface area contributed by atoms with Crippen LogP contribution in [0.25, 0.3) is 0 Å². The fourth-order valence-corrected chi connectivity index (χ4v) is 2.15. The van der Waals surface area contributed by atoms with Gasteiger partial charge in [-0.2, -0.15) is 0 Å². The summed E-state index contributed by atoms with van der Waals surface area (Å²) in [6.07, 6.45) is 0. The number of benzene rings is 1. The summed E-state index contributed by atoms with van der Waals surface area (Å²) in [5, 5.41) is 0.426. The van der Waals surface area contributed by atoms with Crippen LogP contribution in [0, 0.1) is 0 Å². The normalized spacial score (nSPS) is 12.7. The van der Waals surface area contributed by atoms with Gasteiger partial charge < -0.3 is 4.74 Å². The minimum absolute atomic E-state index is 0.0834. The van der Waals surface area contributed by atoms with Crippen LogP contribution in [-0.4, -0.2) is 5.56 Å². The van der Waals surface area contributed by atoms with Crippen molar-refractivity contribution >= 4 is 69.6 Å². The third-order valence-electron chi connectivity index (χ3n) is 1.45. The fourth-order valence-electron chi connectivity index (χ4n) is 0.851. The maximum absolute atomic E-state index is 5.88. The van der Waals surface area contributed by atoms with Crippen LogP contribution >= 0.6 is 69.6 Å². The molecule has 0 saturated carbocycles. The molecule has 7 heteroatoms. The minimum atomic E-state index is -0.617. The fraction of sp³-hybridized carbons (Fsp3) is 0.250. The largest absolute Gasteiger partial charge is 0.472 e. The Bertz CT molecular complexity index is 360. The smallest absolute Gasteiger partial charge is 0.169 e. The second-order valence-electron chi connectivity index (χ2n) is 2.56. The Morgan fingerprint density at radius 2 is 1.13 bits per heavy atom. The molecule has 0 bridgehead atoms. The lowest BCUT2D eigenvalue weighted by Crippen LogP contribution is -2.04. The van der Waals surface area contributed by atoms with Crippen LogP contribution in [-0.2, 0) is 0 Å². The summed E-state index contributed by atoms with van der Waals surface area (Å²) in [6, 6.07) is 0. The van der Waals surface area contributed by atoms with Crippen LogP contribution in [0.15, 0.2) is 0 Å². The van der Waals surface area contributed by atoms with Gasteiger partial charge in [0.05, 0.1) is 15.1 Å². The van der Waals surface area contributed by atoms with Crippen molar-refractivity contribution in [3.05, 3.63) is 25.1 Å². The zero-order valence-electron chi connectivity index (χ0n) is 7.25. The zero-order chi connectivity index (χ0) is 11.7. The lowest BCUT2D eigenvalue weighted by atomic mass is 10.3. The van der Waals surface area contributed by atoms with E-state index in [1.807, 2.05) is 0 Å². The predicted octanol–water partition coefficient (Wildman–Crippen LogP) is 5.92. The molecule has 0 amide bonds. The Morgan fingerprint density at radius 3 is 1.47 bits per heavy atom. The Kier molecular flexibility index (Phi) is 4.97. The molecule has 1 aromatic rings. The highest BCUT2D eigenvalue weighted by atomic mass is 35.5. The minimum Gasteiger partial charge on any atom is -0.472 e. The van der Waals surface area contributed by atoms with Crippen molar-refractivity contribution in [3.63, 3.8) is 0 Å². The molecular weight excluding hydrogens is 325 g/mol. The summed E-state index contributed by atoms with van der Waals surface area (Å²) in [5.41, 5.74) is -0.617. The van der Waals surface area contributed by atoms with Gasteiger partial charge in [-0.3, -0.25) is 0 Å². The van der Waals surface area contributed by atoms with Crippen molar-refractivity contribution < 1.29 is 4.74 Å². The molecule has 1 aromatic carbocycles. The van der Waals surface area contributed by atoms with Gasteiger partial charge in [0.25, 0.3) is 0 Å². The molecule has 0 heterocycles. The first kappa shape index (κ1) is 13.8. The standard InChI is InChI=1S/C8H4Cl6O/c1-2(9)15-8-6(13)4(11)3(10)5(12)7(8)14/h2H,1H3. The van der Waals surface area contributed by atoms with Gasteiger partial charge in [0, 0.05) is 0 Å². The van der Waals surface area contributed by atoms with Crippen LogP contribution in [0.5, 0.6) is 5.75 Å². The molecular formula is C8H4Cl6O. The maximum Gasteiger partial charge on any atom is 0.169 e. The van der Waals surface area contributed by atoms with Crippen molar-refractivity contribution in [1.29, 1.82) is 0 Å². The first-order chi connectivity index (χ1) is 6.86. The quantitative estimate of drug-likeness (QED) is 0.372. The predicted molar refractivity (Wildman–Crippen MR) is 67.4 cm³/mol. The van der Waals surface area contributed by atoms with E-state index in [4.69, 9.17) is 74.3 Å². The molecule has 84 valence electrons. The molecule has 15 heavy (non-hydrogen) atoms. The van der Waals surface area contributed by atoms with E-state index in [1.54, 1.807) is 6.92 Å². The lowest BCUT2D eigenvalue weighted by molar-refractivity contribution is 0.301. The van der Waals surface area contributed by atoms with Crippen LogP contribution in [0.3, 0.4) is 0 Å². The molecule has 0 radical (unpaired) electrons. The Morgan fingerprint density at radius 1 is 0.800 bits per heavy atom. The Balaban J connectivity index is 3.39. The van der Waals surface area contributed by atoms with E-state index in [9.17, 15) is 0 Å². The lowest BCUT2D eigenvalue weighted by Gasteiger charge is -2.14.